The van der Waals surface area contributed by atoms with Crippen LogP contribution in [0.4, 0.5) is 13.2 Å². The monoisotopic (exact) mass is 375 g/mol. The Morgan fingerprint density at radius 1 is 1.20 bits per heavy atom. The van der Waals surface area contributed by atoms with Gasteiger partial charge in [0.2, 0.25) is 0 Å². The number of nitrogens with zero attached hydrogens (tertiary/aromatic N) is 1. The van der Waals surface area contributed by atoms with Crippen molar-refractivity contribution in [2.45, 2.75) is 12.8 Å². The smallest absolute Gasteiger partial charge is 0.416 e. The van der Waals surface area contributed by atoms with Crippen LogP contribution in [-0.2, 0) is 17.6 Å². The van der Waals surface area contributed by atoms with Gasteiger partial charge < -0.3 is 9.57 Å². The Hall–Kier alpha value is -2.81. The number of halogens is 4. The van der Waals surface area contributed by atoms with Gasteiger partial charge in [-0.2, -0.15) is 13.2 Å². The molecular formula is C15H9ClF3NO5. The van der Waals surface area contributed by atoms with E-state index in [9.17, 15) is 28.1 Å². The van der Waals surface area contributed by atoms with Gasteiger partial charge >= 0.3 is 12.1 Å². The quantitative estimate of drug-likeness (QED) is 0.337. The number of hydrogen-bond donors (Lipinski definition) is 0. The van der Waals surface area contributed by atoms with Crippen LogP contribution in [0.5, 0.6) is 5.75 Å². The highest BCUT2D eigenvalue weighted by Crippen LogP contribution is 2.35. The van der Waals surface area contributed by atoms with E-state index < -0.39 is 40.5 Å². The van der Waals surface area contributed by atoms with Crippen LogP contribution in [0.2, 0.25) is 5.02 Å². The normalized spacial score (nSPS) is 11.0. The summed E-state index contributed by atoms with van der Waals surface area (Å²) in [5, 5.41) is 8.61. The van der Waals surface area contributed by atoms with Crippen molar-refractivity contribution in [3.05, 3.63) is 74.3 Å². The second kappa shape index (κ2) is 7.39. The summed E-state index contributed by atoms with van der Waals surface area (Å²) in [7, 11) is 0. The molecule has 0 aliphatic rings. The summed E-state index contributed by atoms with van der Waals surface area (Å²) in [6.45, 7) is -0.963. The van der Waals surface area contributed by atoms with Gasteiger partial charge in [0.15, 0.2) is 0 Å². The second-order valence-corrected chi connectivity index (χ2v) is 5.09. The number of esters is 1. The minimum Gasteiger partial charge on any atom is -0.423 e. The number of carbonyl (C=O) groups excluding carboxylic acids is 1. The van der Waals surface area contributed by atoms with Crippen molar-refractivity contribution in [1.82, 2.24) is 0 Å². The second-order valence-electron chi connectivity index (χ2n) is 4.69. The summed E-state index contributed by atoms with van der Waals surface area (Å²) in [5.74, 6) is -0.971. The minimum absolute atomic E-state index is 0.123. The highest BCUT2D eigenvalue weighted by molar-refractivity contribution is 6.33. The topological polar surface area (TPSA) is 78.7 Å². The number of ether oxygens (including phenoxy) is 1. The fourth-order valence-electron chi connectivity index (χ4n) is 1.93. The maximum absolute atomic E-state index is 13.2. The molecule has 6 nitrogen and oxygen atoms in total. The van der Waals surface area contributed by atoms with Crippen LogP contribution in [-0.4, -0.2) is 11.1 Å². The molecule has 0 saturated heterocycles. The van der Waals surface area contributed by atoms with E-state index in [1.165, 1.54) is 12.1 Å². The molecular weight excluding hydrogens is 367 g/mol. The van der Waals surface area contributed by atoms with Crippen molar-refractivity contribution in [3.63, 3.8) is 0 Å². The average molecular weight is 376 g/mol. The first-order chi connectivity index (χ1) is 11.7. The molecule has 0 aromatic heterocycles. The Morgan fingerprint density at radius 3 is 2.40 bits per heavy atom. The van der Waals surface area contributed by atoms with E-state index in [2.05, 4.69) is 4.84 Å². The van der Waals surface area contributed by atoms with Crippen LogP contribution in [0.15, 0.2) is 42.5 Å². The zero-order chi connectivity index (χ0) is 18.6. The Labute approximate surface area is 143 Å². The third-order valence-electron chi connectivity index (χ3n) is 3.00. The van der Waals surface area contributed by atoms with Gasteiger partial charge in [-0.25, -0.2) is 4.79 Å². The third kappa shape index (κ3) is 4.83. The van der Waals surface area contributed by atoms with E-state index in [1.54, 1.807) is 18.2 Å². The van der Waals surface area contributed by atoms with Gasteiger partial charge in [0, 0.05) is 0 Å². The molecule has 0 fully saturated rings. The first kappa shape index (κ1) is 18.5. The van der Waals surface area contributed by atoms with E-state index >= 15 is 0 Å². The summed E-state index contributed by atoms with van der Waals surface area (Å²) in [6, 6.07) is 8.95. The molecule has 0 spiro atoms. The zero-order valence-electron chi connectivity index (χ0n) is 12.2. The highest BCUT2D eigenvalue weighted by Gasteiger charge is 2.35. The maximum atomic E-state index is 13.2. The van der Waals surface area contributed by atoms with E-state index in [0.29, 0.717) is 6.07 Å². The van der Waals surface area contributed by atoms with Gasteiger partial charge in [0.05, 0.1) is 16.1 Å². The molecule has 0 unspecified atom stereocenters. The van der Waals surface area contributed by atoms with Crippen molar-refractivity contribution in [3.8, 4) is 5.75 Å². The average Bonchev–Trinajstić information content (AvgIpc) is 2.52. The number of benzene rings is 2. The number of rotatable bonds is 5. The van der Waals surface area contributed by atoms with Gasteiger partial charge in [0.25, 0.3) is 5.09 Å². The molecule has 0 radical (unpaired) electrons. The lowest BCUT2D eigenvalue weighted by Crippen LogP contribution is -2.16. The van der Waals surface area contributed by atoms with Crippen molar-refractivity contribution < 1.29 is 32.6 Å². The summed E-state index contributed by atoms with van der Waals surface area (Å²) in [4.78, 5) is 26.2. The van der Waals surface area contributed by atoms with Crippen molar-refractivity contribution in [1.29, 1.82) is 0 Å². The Balaban J connectivity index is 2.38. The van der Waals surface area contributed by atoms with Crippen molar-refractivity contribution >= 4 is 17.6 Å². The fraction of sp³-hybridized carbons (Fsp3) is 0.133. The molecule has 0 heterocycles. The molecule has 2 rings (SSSR count). The fourth-order valence-corrected chi connectivity index (χ4v) is 2.19. The standard InChI is InChI=1S/C15H9ClF3NO5/c16-13-6-9(8-24-20(22)23)12(15(17,18)19)7-11(13)14(21)25-10-4-2-1-3-5-10/h1-7H,8H2. The largest absolute Gasteiger partial charge is 0.423 e. The SMILES string of the molecule is O=C(Oc1ccccc1)c1cc(C(F)(F)F)c(CO[N+](=O)[O-])cc1Cl. The van der Waals surface area contributed by atoms with Crippen LogP contribution in [0, 0.1) is 10.1 Å². The zero-order valence-corrected chi connectivity index (χ0v) is 13.0. The van der Waals surface area contributed by atoms with Crippen molar-refractivity contribution in [2.24, 2.45) is 0 Å². The third-order valence-corrected chi connectivity index (χ3v) is 3.31. The summed E-state index contributed by atoms with van der Waals surface area (Å²) in [6.07, 6.45) is -4.87. The van der Waals surface area contributed by atoms with Crippen LogP contribution in [0.1, 0.15) is 21.5 Å². The van der Waals surface area contributed by atoms with Crippen molar-refractivity contribution in [2.75, 3.05) is 0 Å². The van der Waals surface area contributed by atoms with Gasteiger partial charge in [-0.15, -0.1) is 10.1 Å². The number of alkyl halides is 3. The molecule has 2 aromatic rings. The molecule has 0 amide bonds. The lowest BCUT2D eigenvalue weighted by Gasteiger charge is -2.15. The highest BCUT2D eigenvalue weighted by atomic mass is 35.5. The van der Waals surface area contributed by atoms with E-state index in [-0.39, 0.29) is 10.8 Å². The minimum atomic E-state index is -4.87. The molecule has 2 aromatic carbocycles. The predicted molar refractivity (Wildman–Crippen MR) is 79.6 cm³/mol. The maximum Gasteiger partial charge on any atom is 0.416 e. The summed E-state index contributed by atoms with van der Waals surface area (Å²) >= 11 is 5.83. The van der Waals surface area contributed by atoms with E-state index in [0.717, 1.165) is 6.07 Å². The molecule has 0 aliphatic carbocycles. The molecule has 25 heavy (non-hydrogen) atoms. The van der Waals surface area contributed by atoms with Crippen LogP contribution in [0.3, 0.4) is 0 Å². The van der Waals surface area contributed by atoms with E-state index in [1.807, 2.05) is 0 Å². The molecule has 0 bridgehead atoms. The van der Waals surface area contributed by atoms with Crippen LogP contribution in [0.25, 0.3) is 0 Å². The Morgan fingerprint density at radius 2 is 1.84 bits per heavy atom. The molecule has 0 atom stereocenters. The van der Waals surface area contributed by atoms with Gasteiger partial charge in [0.1, 0.15) is 12.4 Å². The Bertz CT molecular complexity index is 796. The first-order valence-corrected chi connectivity index (χ1v) is 7.00. The summed E-state index contributed by atoms with van der Waals surface area (Å²) in [5.41, 5.74) is -2.38. The molecule has 0 saturated carbocycles. The summed E-state index contributed by atoms with van der Waals surface area (Å²) < 4.78 is 44.4. The van der Waals surface area contributed by atoms with Crippen LogP contribution < -0.4 is 4.74 Å². The van der Waals surface area contributed by atoms with E-state index in [4.69, 9.17) is 16.3 Å². The predicted octanol–water partition coefficient (Wildman–Crippen LogP) is 4.29. The lowest BCUT2D eigenvalue weighted by atomic mass is 10.0. The molecule has 132 valence electrons. The van der Waals surface area contributed by atoms with Gasteiger partial charge in [-0.3, -0.25) is 0 Å². The first-order valence-electron chi connectivity index (χ1n) is 6.62. The van der Waals surface area contributed by atoms with Crippen LogP contribution >= 0.6 is 11.6 Å². The van der Waals surface area contributed by atoms with Gasteiger partial charge in [-0.05, 0) is 29.8 Å². The number of para-hydroxylation sites is 1. The molecule has 10 heteroatoms. The Kier molecular flexibility index (Phi) is 5.48. The lowest BCUT2D eigenvalue weighted by molar-refractivity contribution is -0.763. The molecule has 0 N–H and O–H groups in total. The molecule has 0 aliphatic heterocycles. The number of hydrogen-bond acceptors (Lipinski definition) is 5. The van der Waals surface area contributed by atoms with Gasteiger partial charge in [-0.1, -0.05) is 29.8 Å². The number of carbonyl (C=O) groups is 1.